The van der Waals surface area contributed by atoms with Gasteiger partial charge in [0.25, 0.3) is 0 Å². The molecule has 4 aromatic carbocycles. The molecule has 16 nitrogen and oxygen atoms in total. The van der Waals surface area contributed by atoms with Crippen molar-refractivity contribution in [3.8, 4) is 69.0 Å². The molecule has 8 unspecified atom stereocenters. The third-order valence-electron chi connectivity index (χ3n) is 16.6. The van der Waals surface area contributed by atoms with E-state index < -0.39 is 0 Å². The molecule has 4 aromatic rings. The van der Waals surface area contributed by atoms with Crippen LogP contribution < -0.4 is 78.1 Å². The van der Waals surface area contributed by atoms with Gasteiger partial charge in [-0.15, -0.1) is 0 Å². The van der Waals surface area contributed by atoms with E-state index in [1.165, 1.54) is 0 Å². The molecule has 5 saturated heterocycles. The van der Waals surface area contributed by atoms with Crippen LogP contribution in [0.25, 0.3) is 0 Å². The summed E-state index contributed by atoms with van der Waals surface area (Å²) in [6.45, 7) is 0. The lowest BCUT2D eigenvalue weighted by atomic mass is 9.82. The van der Waals surface area contributed by atoms with Crippen LogP contribution in [-0.2, 0) is 0 Å². The highest BCUT2D eigenvalue weighted by Crippen LogP contribution is 2.52. The number of nitrogens with one attached hydrogen (secondary N) is 4. The minimum atomic E-state index is 0.0285. The first-order chi connectivity index (χ1) is 35.1. The van der Waals surface area contributed by atoms with E-state index in [9.17, 15) is 0 Å². The van der Waals surface area contributed by atoms with Crippen molar-refractivity contribution in [1.82, 2.24) is 21.3 Å². The zero-order chi connectivity index (χ0) is 50.8. The Bertz CT molecular complexity index is 2040. The largest absolute Gasteiger partial charge is 0.493 e. The number of benzene rings is 4. The second-order valence-corrected chi connectivity index (χ2v) is 19.8. The molecule has 16 heteroatoms. The summed E-state index contributed by atoms with van der Waals surface area (Å²) in [6.07, 6.45) is 7.58. The fourth-order valence-electron chi connectivity index (χ4n) is 13.6. The lowest BCUT2D eigenvalue weighted by Gasteiger charge is -2.38. The van der Waals surface area contributed by atoms with Gasteiger partial charge in [-0.25, -0.2) is 0 Å². The van der Waals surface area contributed by atoms with Crippen LogP contribution in [0, 0.1) is 0 Å². The average molecular weight is 997 g/mol. The number of methoxy groups -OCH3 is 12. The van der Waals surface area contributed by atoms with E-state index in [-0.39, 0.29) is 72.0 Å². The highest BCUT2D eigenvalue weighted by Gasteiger charge is 2.50. The molecule has 0 aromatic heterocycles. The van der Waals surface area contributed by atoms with Gasteiger partial charge < -0.3 is 78.1 Å². The second kappa shape index (κ2) is 22.2. The van der Waals surface area contributed by atoms with Crippen molar-refractivity contribution in [2.45, 2.75) is 123 Å². The molecule has 5 heterocycles. The number of hydrogen-bond acceptors (Lipinski definition) is 16. The fraction of sp³-hybridized carbons (Fsp3) is 0.571. The van der Waals surface area contributed by atoms with Crippen molar-refractivity contribution in [1.29, 1.82) is 0 Å². The number of hydrogen-bond donors (Lipinski definition) is 4. The third-order valence-corrected chi connectivity index (χ3v) is 16.6. The first-order valence-electron chi connectivity index (χ1n) is 25.4. The first kappa shape index (κ1) is 51.2. The summed E-state index contributed by atoms with van der Waals surface area (Å²) in [7, 11) is 20.1. The minimum Gasteiger partial charge on any atom is -0.493 e. The highest BCUT2D eigenvalue weighted by atomic mass is 16.5. The van der Waals surface area contributed by atoms with Gasteiger partial charge in [0.15, 0.2) is 46.0 Å². The molecular formula is C56H76N4O12. The Morgan fingerprint density at radius 1 is 0.236 bits per heavy atom. The van der Waals surface area contributed by atoms with Crippen molar-refractivity contribution >= 4 is 0 Å². The van der Waals surface area contributed by atoms with Gasteiger partial charge in [0.05, 0.1) is 85.3 Å². The van der Waals surface area contributed by atoms with Gasteiger partial charge in [-0.05, 0) is 122 Å². The lowest BCUT2D eigenvalue weighted by molar-refractivity contribution is 0.297. The van der Waals surface area contributed by atoms with Gasteiger partial charge in [0.1, 0.15) is 0 Å². The molecule has 5 aliphatic heterocycles. The van der Waals surface area contributed by atoms with E-state index in [1.54, 1.807) is 85.3 Å². The molecule has 8 atom stereocenters. The standard InChI is InChI=1S/C56H76N4O12/c1-61-41-21-29(22-42(62-2)53(41)69-9)49-33-13-15-35(57-33)50(30-23-43(63-3)54(70-10)44(24-30)64-4)37-17-19-39(59-37)52(32-27-47(67-7)56(72-12)48(28-32)68-8)40-20-18-38(60-40)51(36-16-14-34(49)58-36)31-25-45(65-5)55(71-11)46(26-31)66-6/h21-28,33-40,49-52,57-60H,13-20H2,1-12H3. The van der Waals surface area contributed by atoms with Crippen molar-refractivity contribution in [3.05, 3.63) is 70.8 Å². The quantitative estimate of drug-likeness (QED) is 0.0864. The van der Waals surface area contributed by atoms with Gasteiger partial charge in [0.2, 0.25) is 23.0 Å². The van der Waals surface area contributed by atoms with Crippen LogP contribution in [0.2, 0.25) is 0 Å². The zero-order valence-electron chi connectivity index (χ0n) is 44.1. The summed E-state index contributed by atoms with van der Waals surface area (Å²) in [6, 6.07) is 17.9. The van der Waals surface area contributed by atoms with Crippen molar-refractivity contribution in [2.24, 2.45) is 0 Å². The molecule has 0 radical (unpaired) electrons. The summed E-state index contributed by atoms with van der Waals surface area (Å²) in [5.41, 5.74) is 4.51. The molecule has 5 aliphatic rings. The van der Waals surface area contributed by atoms with Crippen molar-refractivity contribution < 1.29 is 56.8 Å². The topological polar surface area (TPSA) is 159 Å². The van der Waals surface area contributed by atoms with E-state index in [4.69, 9.17) is 56.8 Å². The Labute approximate surface area is 425 Å². The molecule has 4 N–H and O–H groups in total. The molecule has 392 valence electrons. The predicted molar refractivity (Wildman–Crippen MR) is 275 cm³/mol. The monoisotopic (exact) mass is 997 g/mol. The summed E-state index contributed by atoms with van der Waals surface area (Å²) in [5.74, 6) is 7.50. The summed E-state index contributed by atoms with van der Waals surface area (Å²) < 4.78 is 71.7. The van der Waals surface area contributed by atoms with Crippen molar-refractivity contribution in [2.75, 3.05) is 85.3 Å². The van der Waals surface area contributed by atoms with Crippen molar-refractivity contribution in [3.63, 3.8) is 0 Å². The van der Waals surface area contributed by atoms with E-state index in [0.29, 0.717) is 69.0 Å². The maximum absolute atomic E-state index is 6.03. The van der Waals surface area contributed by atoms with E-state index >= 15 is 0 Å². The molecule has 0 saturated carbocycles. The molecule has 72 heavy (non-hydrogen) atoms. The Balaban J connectivity index is 1.23. The number of ether oxygens (including phenoxy) is 12. The average Bonchev–Trinajstić information content (AvgIpc) is 4.28. The van der Waals surface area contributed by atoms with Gasteiger partial charge >= 0.3 is 0 Å². The summed E-state index contributed by atoms with van der Waals surface area (Å²) >= 11 is 0. The van der Waals surface area contributed by atoms with Crippen LogP contribution in [-0.4, -0.2) is 134 Å². The van der Waals surface area contributed by atoms with E-state index in [1.807, 2.05) is 0 Å². The van der Waals surface area contributed by atoms with Crippen LogP contribution in [0.4, 0.5) is 0 Å². The van der Waals surface area contributed by atoms with E-state index in [2.05, 4.69) is 69.8 Å². The first-order valence-corrected chi connectivity index (χ1v) is 25.4. The van der Waals surface area contributed by atoms with Crippen LogP contribution in [0.5, 0.6) is 69.0 Å². The maximum atomic E-state index is 6.03. The molecule has 8 bridgehead atoms. The number of rotatable bonds is 16. The Morgan fingerprint density at radius 3 is 0.486 bits per heavy atom. The normalized spacial score (nSPS) is 28.7. The Morgan fingerprint density at radius 2 is 0.375 bits per heavy atom. The fourth-order valence-corrected chi connectivity index (χ4v) is 13.6. The second-order valence-electron chi connectivity index (χ2n) is 19.8. The summed E-state index contributed by atoms with van der Waals surface area (Å²) in [4.78, 5) is 0. The third kappa shape index (κ3) is 9.32. The van der Waals surface area contributed by atoms with Crippen LogP contribution in [0.1, 0.15) is 97.3 Å². The Hall–Kier alpha value is -5.68. The minimum absolute atomic E-state index is 0.0285. The van der Waals surface area contributed by atoms with E-state index in [0.717, 1.165) is 73.6 Å². The predicted octanol–water partition coefficient (Wildman–Crippen LogP) is 7.72. The van der Waals surface area contributed by atoms with Gasteiger partial charge in [-0.2, -0.15) is 0 Å². The Kier molecular flexibility index (Phi) is 15.8. The zero-order valence-corrected chi connectivity index (χ0v) is 44.1. The molecule has 0 amide bonds. The van der Waals surface area contributed by atoms with Gasteiger partial charge in [-0.1, -0.05) is 0 Å². The van der Waals surface area contributed by atoms with Crippen LogP contribution in [0.3, 0.4) is 0 Å². The van der Waals surface area contributed by atoms with Gasteiger partial charge in [0, 0.05) is 72.0 Å². The van der Waals surface area contributed by atoms with Crippen LogP contribution in [0.15, 0.2) is 48.5 Å². The molecular weight excluding hydrogens is 921 g/mol. The molecule has 5 fully saturated rings. The molecule has 0 spiro atoms. The van der Waals surface area contributed by atoms with Gasteiger partial charge in [-0.3, -0.25) is 0 Å². The summed E-state index contributed by atoms with van der Waals surface area (Å²) in [5, 5.41) is 17.3. The number of fused-ring (bicyclic) bond motifs is 8. The molecule has 0 aliphatic carbocycles. The smallest absolute Gasteiger partial charge is 0.203 e. The highest BCUT2D eigenvalue weighted by molar-refractivity contribution is 5.58. The molecule has 9 rings (SSSR count). The maximum Gasteiger partial charge on any atom is 0.203 e. The SMILES string of the molecule is COc1cc(C2C3CCC(N3)C(c3cc(OC)c(OC)c(OC)c3)C3CCC(N3)C(c3cc(OC)c(OC)c(OC)c3)C3CCC(N3)C(c3cc(OC)c(OC)c(OC)c3)C3CCC2N3)cc(OC)c1OC. The lowest BCUT2D eigenvalue weighted by Crippen LogP contribution is -2.51. The van der Waals surface area contributed by atoms with Crippen LogP contribution >= 0.6 is 0 Å².